The highest BCUT2D eigenvalue weighted by atomic mass is 19.4. The lowest BCUT2D eigenvalue weighted by molar-refractivity contribution is -0.137. The van der Waals surface area contributed by atoms with Gasteiger partial charge in [0.2, 0.25) is 6.54 Å². The normalized spacial score (nSPS) is 11.7. The zero-order chi connectivity index (χ0) is 16.3. The molecule has 1 N–H and O–H groups in total. The summed E-state index contributed by atoms with van der Waals surface area (Å²) < 4.78 is 43.1. The van der Waals surface area contributed by atoms with Gasteiger partial charge in [0.05, 0.1) is 16.8 Å². The molecule has 0 bridgehead atoms. The highest BCUT2D eigenvalue weighted by molar-refractivity contribution is 5.86. The van der Waals surface area contributed by atoms with E-state index < -0.39 is 23.4 Å². The zero-order valence-electron chi connectivity index (χ0n) is 11.8. The van der Waals surface area contributed by atoms with Gasteiger partial charge in [-0.05, 0) is 39.0 Å². The third-order valence-corrected chi connectivity index (χ3v) is 2.32. The van der Waals surface area contributed by atoms with E-state index in [2.05, 4.69) is 10.2 Å². The largest absolute Gasteiger partial charge is 0.444 e. The van der Waals surface area contributed by atoms with Crippen LogP contribution in [0.15, 0.2) is 18.2 Å². The summed E-state index contributed by atoms with van der Waals surface area (Å²) in [5, 5.41) is 2.26. The number of alkyl halides is 3. The molecule has 1 rings (SSSR count). The van der Waals surface area contributed by atoms with Gasteiger partial charge in [-0.15, -0.1) is 0 Å². The predicted octanol–water partition coefficient (Wildman–Crippen LogP) is 4.47. The SMILES string of the molecule is [C-]#[N+]Cc1ccc(C(F)(F)F)cc1NC(=O)OC(C)(C)C. The molecule has 0 atom stereocenters. The maximum absolute atomic E-state index is 12.7. The molecule has 0 saturated heterocycles. The van der Waals surface area contributed by atoms with E-state index in [0.717, 1.165) is 12.1 Å². The van der Waals surface area contributed by atoms with Crippen LogP contribution >= 0.6 is 0 Å². The van der Waals surface area contributed by atoms with Crippen molar-refractivity contribution in [3.8, 4) is 0 Å². The Hall–Kier alpha value is -2.23. The fourth-order valence-electron chi connectivity index (χ4n) is 1.51. The average Bonchev–Trinajstić information content (AvgIpc) is 2.27. The molecule has 0 aliphatic heterocycles. The first kappa shape index (κ1) is 16.8. The average molecular weight is 300 g/mol. The molecule has 1 amide bonds. The molecule has 114 valence electrons. The summed E-state index contributed by atoms with van der Waals surface area (Å²) in [4.78, 5) is 14.8. The summed E-state index contributed by atoms with van der Waals surface area (Å²) in [5.41, 5.74) is -1.45. The molecule has 0 radical (unpaired) electrons. The van der Waals surface area contributed by atoms with Gasteiger partial charge in [0.1, 0.15) is 5.60 Å². The minimum atomic E-state index is -4.53. The lowest BCUT2D eigenvalue weighted by atomic mass is 10.1. The molecule has 21 heavy (non-hydrogen) atoms. The minimum Gasteiger partial charge on any atom is -0.444 e. The fourth-order valence-corrected chi connectivity index (χ4v) is 1.51. The Morgan fingerprint density at radius 1 is 1.33 bits per heavy atom. The van der Waals surface area contributed by atoms with E-state index in [9.17, 15) is 18.0 Å². The van der Waals surface area contributed by atoms with Gasteiger partial charge in [-0.25, -0.2) is 11.4 Å². The van der Waals surface area contributed by atoms with Crippen molar-refractivity contribution in [3.05, 3.63) is 40.7 Å². The first-order valence-electron chi connectivity index (χ1n) is 6.06. The van der Waals surface area contributed by atoms with Crippen LogP contribution in [0.5, 0.6) is 0 Å². The molecule has 0 spiro atoms. The van der Waals surface area contributed by atoms with Crippen LogP contribution in [0.3, 0.4) is 0 Å². The number of rotatable bonds is 2. The van der Waals surface area contributed by atoms with Crippen molar-refractivity contribution in [2.75, 3.05) is 5.32 Å². The fraction of sp³-hybridized carbons (Fsp3) is 0.429. The molecule has 0 aromatic heterocycles. The van der Waals surface area contributed by atoms with E-state index in [0.29, 0.717) is 5.56 Å². The molecule has 1 aromatic rings. The number of nitrogens with one attached hydrogen (secondary N) is 1. The molecular weight excluding hydrogens is 285 g/mol. The van der Waals surface area contributed by atoms with Gasteiger partial charge in [-0.2, -0.15) is 13.2 Å². The Morgan fingerprint density at radius 3 is 2.43 bits per heavy atom. The highest BCUT2D eigenvalue weighted by Gasteiger charge is 2.31. The molecule has 4 nitrogen and oxygen atoms in total. The van der Waals surface area contributed by atoms with Crippen molar-refractivity contribution in [3.63, 3.8) is 0 Å². The monoisotopic (exact) mass is 300 g/mol. The van der Waals surface area contributed by atoms with Crippen LogP contribution in [-0.4, -0.2) is 11.7 Å². The Bertz CT molecular complexity index is 569. The molecule has 0 aliphatic rings. The molecule has 7 heteroatoms. The summed E-state index contributed by atoms with van der Waals surface area (Å²) in [7, 11) is 0. The van der Waals surface area contributed by atoms with Crippen LogP contribution in [0.1, 0.15) is 31.9 Å². The van der Waals surface area contributed by atoms with Gasteiger partial charge in [0.15, 0.2) is 0 Å². The number of hydrogen-bond donors (Lipinski definition) is 1. The number of hydrogen-bond acceptors (Lipinski definition) is 2. The lowest BCUT2D eigenvalue weighted by Gasteiger charge is -2.20. The lowest BCUT2D eigenvalue weighted by Crippen LogP contribution is -2.27. The number of benzene rings is 1. The molecule has 0 fully saturated rings. The first-order chi connectivity index (χ1) is 9.53. The van der Waals surface area contributed by atoms with E-state index in [1.807, 2.05) is 0 Å². The third-order valence-electron chi connectivity index (χ3n) is 2.32. The zero-order valence-corrected chi connectivity index (χ0v) is 11.8. The van der Waals surface area contributed by atoms with Crippen molar-refractivity contribution in [2.24, 2.45) is 0 Å². The van der Waals surface area contributed by atoms with E-state index in [1.54, 1.807) is 20.8 Å². The minimum absolute atomic E-state index is 0.0740. The van der Waals surface area contributed by atoms with Crippen molar-refractivity contribution >= 4 is 11.8 Å². The summed E-state index contributed by atoms with van der Waals surface area (Å²) >= 11 is 0. The maximum atomic E-state index is 12.7. The molecule has 0 heterocycles. The van der Waals surface area contributed by atoms with Crippen LogP contribution in [0.4, 0.5) is 23.7 Å². The number of ether oxygens (including phenoxy) is 1. The van der Waals surface area contributed by atoms with Gasteiger partial charge in [0.25, 0.3) is 0 Å². The highest BCUT2D eigenvalue weighted by Crippen LogP contribution is 2.32. The maximum Gasteiger partial charge on any atom is 0.416 e. The number of amides is 1. The number of carbonyl (C=O) groups is 1. The summed E-state index contributed by atoms with van der Waals surface area (Å²) in [6.45, 7) is 11.6. The molecule has 0 saturated carbocycles. The van der Waals surface area contributed by atoms with Crippen LogP contribution in [-0.2, 0) is 17.5 Å². The van der Waals surface area contributed by atoms with Gasteiger partial charge in [0, 0.05) is 0 Å². The van der Waals surface area contributed by atoms with E-state index in [4.69, 9.17) is 11.3 Å². The summed E-state index contributed by atoms with van der Waals surface area (Å²) in [6, 6.07) is 2.85. The van der Waals surface area contributed by atoms with Crippen molar-refractivity contribution < 1.29 is 22.7 Å². The predicted molar refractivity (Wildman–Crippen MR) is 71.6 cm³/mol. The first-order valence-corrected chi connectivity index (χ1v) is 6.06. The smallest absolute Gasteiger partial charge is 0.416 e. The standard InChI is InChI=1S/C14H15F3N2O2/c1-13(2,3)21-12(20)19-11-7-10(14(15,16)17)6-5-9(11)8-18-4/h5-7H,8H2,1-3H3,(H,19,20). The van der Waals surface area contributed by atoms with Crippen LogP contribution in [0.2, 0.25) is 0 Å². The third kappa shape index (κ3) is 5.34. The van der Waals surface area contributed by atoms with Gasteiger partial charge in [-0.1, -0.05) is 0 Å². The number of nitrogens with zero attached hydrogens (tertiary/aromatic N) is 1. The number of halogens is 3. The number of carbonyl (C=O) groups excluding carboxylic acids is 1. The van der Waals surface area contributed by atoms with Crippen molar-refractivity contribution in [1.82, 2.24) is 0 Å². The van der Waals surface area contributed by atoms with Crippen molar-refractivity contribution in [2.45, 2.75) is 39.1 Å². The van der Waals surface area contributed by atoms with E-state index in [-0.39, 0.29) is 12.2 Å². The van der Waals surface area contributed by atoms with Gasteiger partial charge < -0.3 is 9.58 Å². The van der Waals surface area contributed by atoms with E-state index >= 15 is 0 Å². The Balaban J connectivity index is 3.07. The summed E-state index contributed by atoms with van der Waals surface area (Å²) in [5.74, 6) is 0. The molecule has 0 aliphatic carbocycles. The second-order valence-corrected chi connectivity index (χ2v) is 5.31. The van der Waals surface area contributed by atoms with Gasteiger partial charge in [-0.3, -0.25) is 5.32 Å². The van der Waals surface area contributed by atoms with E-state index in [1.165, 1.54) is 6.07 Å². The van der Waals surface area contributed by atoms with Crippen molar-refractivity contribution in [1.29, 1.82) is 0 Å². The second-order valence-electron chi connectivity index (χ2n) is 5.31. The van der Waals surface area contributed by atoms with Crippen LogP contribution in [0, 0.1) is 6.57 Å². The Kier molecular flexibility index (Phi) is 4.84. The topological polar surface area (TPSA) is 42.7 Å². The summed E-state index contributed by atoms with van der Waals surface area (Å²) in [6.07, 6.45) is -5.39. The molecule has 0 unspecified atom stereocenters. The number of anilines is 1. The second kappa shape index (κ2) is 6.04. The molecular formula is C14H15F3N2O2. The Labute approximate surface area is 120 Å². The van der Waals surface area contributed by atoms with Crippen LogP contribution in [0.25, 0.3) is 4.85 Å². The molecule has 1 aromatic carbocycles. The van der Waals surface area contributed by atoms with Gasteiger partial charge >= 0.3 is 12.3 Å². The van der Waals surface area contributed by atoms with Crippen LogP contribution < -0.4 is 5.32 Å². The Morgan fingerprint density at radius 2 is 1.95 bits per heavy atom. The quantitative estimate of drug-likeness (QED) is 0.819.